The molecule has 0 saturated carbocycles. The van der Waals surface area contributed by atoms with Crippen molar-refractivity contribution in [3.63, 3.8) is 0 Å². The number of aromatic hydroxyl groups is 1. The van der Waals surface area contributed by atoms with E-state index in [2.05, 4.69) is 9.97 Å². The topological polar surface area (TPSA) is 112 Å². The van der Waals surface area contributed by atoms with Crippen molar-refractivity contribution in [2.45, 2.75) is 26.4 Å². The first kappa shape index (κ1) is 20.6. The third-order valence-corrected chi connectivity index (χ3v) is 5.62. The Morgan fingerprint density at radius 1 is 1.09 bits per heavy atom. The molecule has 0 amide bonds. The van der Waals surface area contributed by atoms with E-state index in [0.29, 0.717) is 33.4 Å². The smallest absolute Gasteiger partial charge is 0.261 e. The van der Waals surface area contributed by atoms with E-state index in [1.54, 1.807) is 51.7 Å². The Bertz CT molecular complexity index is 1590. The Balaban J connectivity index is 1.75. The molecule has 0 aliphatic carbocycles. The second-order valence-corrected chi connectivity index (χ2v) is 8.12. The highest BCUT2D eigenvalue weighted by atomic mass is 19.1. The van der Waals surface area contributed by atoms with Crippen molar-refractivity contribution in [2.24, 2.45) is 0 Å². The number of halogens is 1. The lowest BCUT2D eigenvalue weighted by molar-refractivity contribution is 0.475. The summed E-state index contributed by atoms with van der Waals surface area (Å²) in [6.07, 6.45) is 1.35. The fraction of sp³-hybridized carbons (Fsp3) is 0.167. The summed E-state index contributed by atoms with van der Waals surface area (Å²) in [7, 11) is 0. The average molecular weight is 444 g/mol. The minimum absolute atomic E-state index is 0.0623. The summed E-state index contributed by atoms with van der Waals surface area (Å²) < 4.78 is 17.7. The molecule has 0 unspecified atom stereocenters. The van der Waals surface area contributed by atoms with Gasteiger partial charge in [-0.1, -0.05) is 24.3 Å². The maximum absolute atomic E-state index is 14.4. The summed E-state index contributed by atoms with van der Waals surface area (Å²) in [5.74, 6) is -0.197. The predicted molar refractivity (Wildman–Crippen MR) is 124 cm³/mol. The number of nitrogens with two attached hydrogens (primary N) is 1. The van der Waals surface area contributed by atoms with Crippen molar-refractivity contribution in [1.29, 1.82) is 0 Å². The van der Waals surface area contributed by atoms with Crippen molar-refractivity contribution >= 4 is 27.6 Å². The summed E-state index contributed by atoms with van der Waals surface area (Å²) >= 11 is 0. The van der Waals surface area contributed by atoms with Crippen LogP contribution < -0.4 is 11.3 Å². The summed E-state index contributed by atoms with van der Waals surface area (Å²) in [5, 5.41) is 15.8. The van der Waals surface area contributed by atoms with Gasteiger partial charge in [-0.3, -0.25) is 4.79 Å². The number of benzene rings is 2. The fourth-order valence-electron chi connectivity index (χ4n) is 4.22. The third kappa shape index (κ3) is 3.38. The quantitative estimate of drug-likeness (QED) is 0.435. The van der Waals surface area contributed by atoms with Crippen LogP contribution in [0, 0.1) is 5.82 Å². The van der Waals surface area contributed by atoms with Gasteiger partial charge in [0.2, 0.25) is 0 Å². The Morgan fingerprint density at radius 3 is 2.64 bits per heavy atom. The van der Waals surface area contributed by atoms with Gasteiger partial charge in [-0.15, -0.1) is 0 Å². The second-order valence-electron chi connectivity index (χ2n) is 8.12. The molecule has 9 heteroatoms. The first-order chi connectivity index (χ1) is 15.8. The van der Waals surface area contributed by atoms with Gasteiger partial charge in [0.25, 0.3) is 5.56 Å². The number of pyridine rings is 1. The monoisotopic (exact) mass is 444 g/mol. The molecule has 3 heterocycles. The van der Waals surface area contributed by atoms with Crippen LogP contribution in [0.1, 0.15) is 25.6 Å². The van der Waals surface area contributed by atoms with Crippen LogP contribution >= 0.6 is 0 Å². The second kappa shape index (κ2) is 7.70. The number of nitrogen functional groups attached to an aromatic ring is 1. The molecule has 5 rings (SSSR count). The summed E-state index contributed by atoms with van der Waals surface area (Å²) in [5.41, 5.74) is 8.09. The largest absolute Gasteiger partial charge is 0.508 e. The van der Waals surface area contributed by atoms with E-state index >= 15 is 0 Å². The van der Waals surface area contributed by atoms with Crippen LogP contribution in [-0.2, 0) is 6.54 Å². The van der Waals surface area contributed by atoms with E-state index < -0.39 is 11.4 Å². The predicted octanol–water partition coefficient (Wildman–Crippen LogP) is 3.86. The van der Waals surface area contributed by atoms with Crippen LogP contribution in [0.3, 0.4) is 0 Å². The highest BCUT2D eigenvalue weighted by molar-refractivity contribution is 5.98. The molecule has 33 heavy (non-hydrogen) atoms. The van der Waals surface area contributed by atoms with Gasteiger partial charge < -0.3 is 15.4 Å². The Labute approximate surface area is 187 Å². The Kier molecular flexibility index (Phi) is 4.81. The van der Waals surface area contributed by atoms with Gasteiger partial charge in [0.15, 0.2) is 5.65 Å². The van der Waals surface area contributed by atoms with Crippen molar-refractivity contribution < 1.29 is 9.50 Å². The van der Waals surface area contributed by atoms with Crippen LogP contribution in [0.5, 0.6) is 5.75 Å². The molecule has 166 valence electrons. The number of hydrogen-bond acceptors (Lipinski definition) is 6. The number of aromatic nitrogens is 5. The fourth-order valence-corrected chi connectivity index (χ4v) is 4.22. The zero-order chi connectivity index (χ0) is 23.3. The van der Waals surface area contributed by atoms with Crippen LogP contribution in [0.4, 0.5) is 10.2 Å². The SMILES string of the molecule is CC(C)n1c(Cn2nc(-c3cccc(O)c3)c3c(N)ncnc32)cc2cccc(F)c2c1=O. The van der Waals surface area contributed by atoms with Crippen molar-refractivity contribution in [1.82, 2.24) is 24.3 Å². The lowest BCUT2D eigenvalue weighted by Crippen LogP contribution is -2.27. The highest BCUT2D eigenvalue weighted by Gasteiger charge is 2.20. The molecule has 0 atom stereocenters. The first-order valence-electron chi connectivity index (χ1n) is 10.4. The average Bonchev–Trinajstić information content (AvgIpc) is 3.13. The number of phenols is 1. The number of nitrogens with zero attached hydrogens (tertiary/aromatic N) is 5. The molecule has 0 spiro atoms. The van der Waals surface area contributed by atoms with Crippen molar-refractivity contribution in [3.05, 3.63) is 76.7 Å². The lowest BCUT2D eigenvalue weighted by atomic mass is 10.1. The molecule has 0 radical (unpaired) electrons. The third-order valence-electron chi connectivity index (χ3n) is 5.62. The molecule has 0 aliphatic rings. The van der Waals surface area contributed by atoms with Gasteiger partial charge in [0.05, 0.1) is 17.3 Å². The van der Waals surface area contributed by atoms with Gasteiger partial charge in [0.1, 0.15) is 29.4 Å². The normalized spacial score (nSPS) is 11.6. The van der Waals surface area contributed by atoms with Gasteiger partial charge in [0, 0.05) is 17.3 Å². The maximum atomic E-state index is 14.4. The Morgan fingerprint density at radius 2 is 1.88 bits per heavy atom. The lowest BCUT2D eigenvalue weighted by Gasteiger charge is -2.18. The number of fused-ring (bicyclic) bond motifs is 2. The number of phenolic OH excluding ortho intramolecular Hbond substituents is 1. The summed E-state index contributed by atoms with van der Waals surface area (Å²) in [6.45, 7) is 3.94. The molecular formula is C24H21FN6O2. The van der Waals surface area contributed by atoms with E-state index in [-0.39, 0.29) is 29.5 Å². The molecule has 3 aromatic heterocycles. The van der Waals surface area contributed by atoms with Crippen LogP contribution in [0.25, 0.3) is 33.1 Å². The van der Waals surface area contributed by atoms with E-state index in [4.69, 9.17) is 10.8 Å². The maximum Gasteiger partial charge on any atom is 0.261 e. The molecule has 5 aromatic rings. The number of anilines is 1. The summed E-state index contributed by atoms with van der Waals surface area (Å²) in [4.78, 5) is 21.7. The van der Waals surface area contributed by atoms with Gasteiger partial charge >= 0.3 is 0 Å². The number of hydrogen-bond donors (Lipinski definition) is 2. The van der Waals surface area contributed by atoms with Crippen LogP contribution in [0.2, 0.25) is 0 Å². The molecule has 0 saturated heterocycles. The minimum atomic E-state index is -0.547. The molecule has 8 nitrogen and oxygen atoms in total. The minimum Gasteiger partial charge on any atom is -0.508 e. The van der Waals surface area contributed by atoms with Crippen molar-refractivity contribution in [2.75, 3.05) is 5.73 Å². The molecule has 2 aromatic carbocycles. The highest BCUT2D eigenvalue weighted by Crippen LogP contribution is 2.32. The molecule has 0 bridgehead atoms. The molecule has 0 aliphatic heterocycles. The van der Waals surface area contributed by atoms with Gasteiger partial charge in [-0.2, -0.15) is 5.10 Å². The Hall–Kier alpha value is -4.27. The zero-order valence-corrected chi connectivity index (χ0v) is 18.0. The summed E-state index contributed by atoms with van der Waals surface area (Å²) in [6, 6.07) is 12.8. The standard InChI is InChI=1S/C24H21FN6O2/c1-13(2)31-16(9-14-5-4-8-18(25)19(14)24(31)33)11-30-23-20(22(26)27-12-28-23)21(29-30)15-6-3-7-17(32)10-15/h3-10,12-13,32H,11H2,1-2H3,(H2,26,27,28). The molecule has 3 N–H and O–H groups in total. The van der Waals surface area contributed by atoms with Gasteiger partial charge in [-0.25, -0.2) is 19.0 Å². The molecule has 0 fully saturated rings. The number of rotatable bonds is 4. The van der Waals surface area contributed by atoms with E-state index in [0.717, 1.165) is 0 Å². The van der Waals surface area contributed by atoms with Gasteiger partial charge in [-0.05, 0) is 43.5 Å². The van der Waals surface area contributed by atoms with Crippen LogP contribution in [-0.4, -0.2) is 29.4 Å². The van der Waals surface area contributed by atoms with E-state index in [9.17, 15) is 14.3 Å². The van der Waals surface area contributed by atoms with Crippen molar-refractivity contribution in [3.8, 4) is 17.0 Å². The zero-order valence-electron chi connectivity index (χ0n) is 18.0. The van der Waals surface area contributed by atoms with E-state index in [1.807, 2.05) is 13.8 Å². The van der Waals surface area contributed by atoms with Crippen LogP contribution in [0.15, 0.2) is 59.7 Å². The molecular weight excluding hydrogens is 423 g/mol. The van der Waals surface area contributed by atoms with E-state index in [1.165, 1.54) is 12.4 Å². The first-order valence-corrected chi connectivity index (χ1v) is 10.4.